The number of rotatable bonds is 9. The molecule has 0 radical (unpaired) electrons. The van der Waals surface area contributed by atoms with Crippen molar-refractivity contribution in [2.45, 2.75) is 69.6 Å². The Balaban J connectivity index is 5.22. The minimum atomic E-state index is -1.03. The minimum absolute atomic E-state index is 0.0469. The molecule has 0 aliphatic heterocycles. The van der Waals surface area contributed by atoms with Crippen LogP contribution in [0, 0.1) is 11.3 Å². The van der Waals surface area contributed by atoms with Crippen molar-refractivity contribution in [1.82, 2.24) is 5.32 Å². The normalized spacial score (nSPS) is 13.5. The molecule has 1 unspecified atom stereocenters. The van der Waals surface area contributed by atoms with Crippen LogP contribution in [0.2, 0.25) is 0 Å². The van der Waals surface area contributed by atoms with Gasteiger partial charge in [-0.3, -0.25) is 0 Å². The summed E-state index contributed by atoms with van der Waals surface area (Å²) >= 11 is 0. The number of alkyl carbamates (subject to hydrolysis) is 1. The van der Waals surface area contributed by atoms with Gasteiger partial charge in [-0.25, -0.2) is 9.59 Å². The molecule has 0 aromatic rings. The average Bonchev–Trinajstić information content (AvgIpc) is 2.51. The fourth-order valence-electron chi connectivity index (χ4n) is 1.61. The van der Waals surface area contributed by atoms with Gasteiger partial charge in [-0.2, -0.15) is 5.26 Å². The van der Waals surface area contributed by atoms with E-state index in [4.69, 9.17) is 20.3 Å². The molecule has 0 saturated heterocycles. The van der Waals surface area contributed by atoms with Crippen LogP contribution in [0.4, 0.5) is 4.79 Å². The van der Waals surface area contributed by atoms with Crippen LogP contribution in [0.25, 0.3) is 10.4 Å². The SMILES string of the molecule is CC(C)(C)OC(=O)N[C@@H](CC(CN=[N+]=[N-])SSC(C)(C)C)C(=O)OCC#N. The number of nitrogens with one attached hydrogen (secondary N) is 1. The highest BCUT2D eigenvalue weighted by Crippen LogP contribution is 2.39. The number of hydrogen-bond acceptors (Lipinski definition) is 8. The second-order valence-electron chi connectivity index (χ2n) is 7.53. The van der Waals surface area contributed by atoms with Crippen LogP contribution < -0.4 is 5.32 Å². The molecule has 9 nitrogen and oxygen atoms in total. The van der Waals surface area contributed by atoms with Crippen molar-refractivity contribution < 1.29 is 19.1 Å². The summed E-state index contributed by atoms with van der Waals surface area (Å²) in [5.41, 5.74) is 7.87. The Morgan fingerprint density at radius 1 is 1.30 bits per heavy atom. The first-order chi connectivity index (χ1) is 12.4. The lowest BCUT2D eigenvalue weighted by atomic mass is 10.1. The van der Waals surface area contributed by atoms with E-state index in [2.05, 4.69) is 15.3 Å². The molecule has 0 fully saturated rings. The van der Waals surface area contributed by atoms with Crippen molar-refractivity contribution in [1.29, 1.82) is 5.26 Å². The first-order valence-corrected chi connectivity index (χ1v) is 10.5. The van der Waals surface area contributed by atoms with Crippen molar-refractivity contribution in [2.75, 3.05) is 13.2 Å². The third-order valence-corrected chi connectivity index (χ3v) is 6.35. The smallest absolute Gasteiger partial charge is 0.408 e. The molecule has 2 atom stereocenters. The number of nitrogens with zero attached hydrogens (tertiary/aromatic N) is 4. The fourth-order valence-corrected chi connectivity index (χ4v) is 4.13. The van der Waals surface area contributed by atoms with Crippen LogP contribution in [-0.2, 0) is 14.3 Å². The van der Waals surface area contributed by atoms with E-state index >= 15 is 0 Å². The maximum atomic E-state index is 12.3. The summed E-state index contributed by atoms with van der Waals surface area (Å²) in [6.07, 6.45) is -0.603. The third-order valence-electron chi connectivity index (χ3n) is 2.54. The molecule has 0 saturated carbocycles. The zero-order chi connectivity index (χ0) is 21.1. The Morgan fingerprint density at radius 2 is 1.93 bits per heavy atom. The highest BCUT2D eigenvalue weighted by molar-refractivity contribution is 8.77. The molecule has 0 aliphatic rings. The van der Waals surface area contributed by atoms with Gasteiger partial charge >= 0.3 is 12.1 Å². The molecule has 0 heterocycles. The number of carbonyl (C=O) groups is 2. The number of esters is 1. The molecular weight excluding hydrogens is 390 g/mol. The quantitative estimate of drug-likeness (QED) is 0.195. The summed E-state index contributed by atoms with van der Waals surface area (Å²) in [6, 6.07) is 0.687. The van der Waals surface area contributed by atoms with Crippen molar-refractivity contribution in [3.05, 3.63) is 10.4 Å². The molecule has 152 valence electrons. The Bertz CT molecular complexity index is 589. The van der Waals surface area contributed by atoms with Crippen molar-refractivity contribution >= 4 is 33.7 Å². The number of nitriles is 1. The lowest BCUT2D eigenvalue weighted by Gasteiger charge is -2.26. The summed E-state index contributed by atoms with van der Waals surface area (Å²) < 4.78 is 9.98. The van der Waals surface area contributed by atoms with E-state index in [-0.39, 0.29) is 23.0 Å². The molecule has 0 rings (SSSR count). The molecule has 27 heavy (non-hydrogen) atoms. The van der Waals surface area contributed by atoms with E-state index in [1.54, 1.807) is 37.6 Å². The number of ether oxygens (including phenoxy) is 2. The largest absolute Gasteiger partial charge is 0.449 e. The zero-order valence-corrected chi connectivity index (χ0v) is 18.1. The number of azide groups is 1. The van der Waals surface area contributed by atoms with Gasteiger partial charge in [0, 0.05) is 21.5 Å². The lowest BCUT2D eigenvalue weighted by molar-refractivity contribution is -0.144. The topological polar surface area (TPSA) is 137 Å². The number of carbonyl (C=O) groups excluding carboxylic acids is 2. The van der Waals surface area contributed by atoms with Crippen LogP contribution in [0.1, 0.15) is 48.0 Å². The van der Waals surface area contributed by atoms with Crippen molar-refractivity contribution in [2.24, 2.45) is 5.11 Å². The van der Waals surface area contributed by atoms with Crippen LogP contribution in [0.3, 0.4) is 0 Å². The Labute approximate surface area is 167 Å². The molecule has 0 bridgehead atoms. The first kappa shape index (κ1) is 25.2. The Morgan fingerprint density at radius 3 is 2.41 bits per heavy atom. The van der Waals surface area contributed by atoms with Gasteiger partial charge in [0.05, 0.1) is 0 Å². The van der Waals surface area contributed by atoms with E-state index < -0.39 is 30.3 Å². The summed E-state index contributed by atoms with van der Waals surface area (Å²) in [7, 11) is 3.04. The molecule has 0 aromatic carbocycles. The van der Waals surface area contributed by atoms with Crippen LogP contribution in [0.5, 0.6) is 0 Å². The van der Waals surface area contributed by atoms with Gasteiger partial charge < -0.3 is 14.8 Å². The van der Waals surface area contributed by atoms with Crippen LogP contribution in [0.15, 0.2) is 5.11 Å². The standard InChI is InChI=1S/C16H27N5O4S2/c1-15(2,3)25-14(23)20-12(13(22)24-8-7-17)9-11(10-19-21-18)26-27-16(4,5)6/h11-12H,8-10H2,1-6H3,(H,20,23)/t11?,12-/m0/s1. The average molecular weight is 418 g/mol. The van der Waals surface area contributed by atoms with Gasteiger partial charge in [-0.05, 0) is 32.7 Å². The van der Waals surface area contributed by atoms with E-state index in [0.717, 1.165) is 0 Å². The number of hydrogen-bond donors (Lipinski definition) is 1. The first-order valence-electron chi connectivity index (χ1n) is 8.26. The van der Waals surface area contributed by atoms with E-state index in [1.165, 1.54) is 10.8 Å². The molecule has 0 aromatic heterocycles. The second-order valence-corrected chi connectivity index (χ2v) is 10.9. The Hall–Kier alpha value is -1.76. The van der Waals surface area contributed by atoms with E-state index in [0.29, 0.717) is 0 Å². The highest BCUT2D eigenvalue weighted by Gasteiger charge is 2.29. The molecular formula is C16H27N5O4S2. The van der Waals surface area contributed by atoms with E-state index in [1.807, 2.05) is 20.8 Å². The van der Waals surface area contributed by atoms with Gasteiger partial charge in [0.15, 0.2) is 6.61 Å². The molecule has 0 spiro atoms. The van der Waals surface area contributed by atoms with Crippen molar-refractivity contribution in [3.63, 3.8) is 0 Å². The lowest BCUT2D eigenvalue weighted by Crippen LogP contribution is -2.45. The van der Waals surface area contributed by atoms with Gasteiger partial charge in [0.25, 0.3) is 0 Å². The summed E-state index contributed by atoms with van der Waals surface area (Å²) in [6.45, 7) is 10.9. The minimum Gasteiger partial charge on any atom is -0.449 e. The molecule has 1 amide bonds. The molecule has 1 N–H and O–H groups in total. The van der Waals surface area contributed by atoms with Crippen LogP contribution in [-0.4, -0.2) is 46.9 Å². The molecule has 0 aliphatic carbocycles. The predicted molar refractivity (Wildman–Crippen MR) is 107 cm³/mol. The summed E-state index contributed by atoms with van der Waals surface area (Å²) in [5.74, 6) is -0.741. The third kappa shape index (κ3) is 14.0. The maximum Gasteiger partial charge on any atom is 0.408 e. The Kier molecular flexibility index (Phi) is 11.1. The maximum absolute atomic E-state index is 12.3. The van der Waals surface area contributed by atoms with Gasteiger partial charge in [0.1, 0.15) is 17.7 Å². The number of amides is 1. The molecule has 11 heteroatoms. The van der Waals surface area contributed by atoms with Gasteiger partial charge in [-0.15, -0.1) is 0 Å². The van der Waals surface area contributed by atoms with Crippen LogP contribution >= 0.6 is 21.6 Å². The highest BCUT2D eigenvalue weighted by atomic mass is 33.1. The van der Waals surface area contributed by atoms with Crippen molar-refractivity contribution in [3.8, 4) is 6.07 Å². The van der Waals surface area contributed by atoms with E-state index in [9.17, 15) is 9.59 Å². The van der Waals surface area contributed by atoms with Gasteiger partial charge in [0.2, 0.25) is 0 Å². The zero-order valence-electron chi connectivity index (χ0n) is 16.5. The fraction of sp³-hybridized carbons (Fsp3) is 0.812. The monoisotopic (exact) mass is 417 g/mol. The predicted octanol–water partition coefficient (Wildman–Crippen LogP) is 4.20. The summed E-state index contributed by atoms with van der Waals surface area (Å²) in [5, 5.41) is 14.4. The summed E-state index contributed by atoms with van der Waals surface area (Å²) in [4.78, 5) is 27.1. The van der Waals surface area contributed by atoms with Gasteiger partial charge in [-0.1, -0.05) is 47.5 Å². The second kappa shape index (κ2) is 11.8.